The molecule has 20 heavy (non-hydrogen) atoms. The lowest BCUT2D eigenvalue weighted by molar-refractivity contribution is -0.115. The minimum Gasteiger partial charge on any atom is -0.506 e. The van der Waals surface area contributed by atoms with Crippen LogP contribution in [0.2, 0.25) is 10.0 Å². The molecule has 2 aromatic carbocycles. The van der Waals surface area contributed by atoms with Crippen LogP contribution in [-0.4, -0.2) is 11.0 Å². The highest BCUT2D eigenvalue weighted by Gasteiger charge is 2.09. The third-order valence-electron chi connectivity index (χ3n) is 2.77. The summed E-state index contributed by atoms with van der Waals surface area (Å²) < 4.78 is 0. The van der Waals surface area contributed by atoms with Crippen LogP contribution < -0.4 is 5.32 Å². The van der Waals surface area contributed by atoms with Crippen molar-refractivity contribution in [3.8, 4) is 5.75 Å². The van der Waals surface area contributed by atoms with Crippen LogP contribution in [0.15, 0.2) is 36.4 Å². The van der Waals surface area contributed by atoms with Crippen molar-refractivity contribution in [3.05, 3.63) is 57.6 Å². The first kappa shape index (κ1) is 14.7. The molecule has 0 spiro atoms. The third kappa shape index (κ3) is 3.65. The highest BCUT2D eigenvalue weighted by atomic mass is 35.5. The van der Waals surface area contributed by atoms with Crippen LogP contribution in [0.25, 0.3) is 0 Å². The molecule has 0 fully saturated rings. The number of nitrogens with one attached hydrogen (secondary N) is 1. The van der Waals surface area contributed by atoms with Gasteiger partial charge in [-0.05, 0) is 42.3 Å². The number of aryl methyl sites for hydroxylation is 1. The van der Waals surface area contributed by atoms with Crippen molar-refractivity contribution < 1.29 is 9.90 Å². The highest BCUT2D eigenvalue weighted by Crippen LogP contribution is 2.25. The van der Waals surface area contributed by atoms with Crippen LogP contribution in [0.4, 0.5) is 5.69 Å². The molecule has 0 saturated heterocycles. The van der Waals surface area contributed by atoms with Crippen molar-refractivity contribution in [2.24, 2.45) is 0 Å². The Balaban J connectivity index is 2.09. The maximum absolute atomic E-state index is 11.9. The molecule has 5 heteroatoms. The van der Waals surface area contributed by atoms with Gasteiger partial charge in [0.2, 0.25) is 5.91 Å². The number of rotatable bonds is 3. The van der Waals surface area contributed by atoms with E-state index in [2.05, 4.69) is 5.32 Å². The number of hydrogen-bond donors (Lipinski definition) is 2. The predicted octanol–water partition coefficient (Wildman–Crippen LogP) is 4.19. The highest BCUT2D eigenvalue weighted by molar-refractivity contribution is 6.42. The summed E-state index contributed by atoms with van der Waals surface area (Å²) in [5, 5.41) is 13.2. The first-order valence-electron chi connectivity index (χ1n) is 5.99. The molecule has 0 saturated carbocycles. The van der Waals surface area contributed by atoms with Gasteiger partial charge in [-0.3, -0.25) is 4.79 Å². The molecule has 104 valence electrons. The van der Waals surface area contributed by atoms with Gasteiger partial charge >= 0.3 is 0 Å². The molecule has 0 aliphatic carbocycles. The Labute approximate surface area is 127 Å². The number of carbonyl (C=O) groups excluding carboxylic acids is 1. The Hall–Kier alpha value is -1.71. The molecule has 1 amide bonds. The van der Waals surface area contributed by atoms with Gasteiger partial charge in [0.1, 0.15) is 5.75 Å². The average molecular weight is 310 g/mol. The summed E-state index contributed by atoms with van der Waals surface area (Å²) in [4.78, 5) is 11.9. The molecule has 2 N–H and O–H groups in total. The van der Waals surface area contributed by atoms with Crippen molar-refractivity contribution in [3.63, 3.8) is 0 Å². The SMILES string of the molecule is Cc1ccc(O)c(NC(=O)Cc2ccc(Cl)c(Cl)c2)c1. The molecular formula is C15H13Cl2NO2. The minimum atomic E-state index is -0.232. The van der Waals surface area contributed by atoms with E-state index in [0.717, 1.165) is 11.1 Å². The number of carbonyl (C=O) groups is 1. The second-order valence-corrected chi connectivity index (χ2v) is 5.31. The zero-order valence-corrected chi connectivity index (χ0v) is 12.3. The largest absolute Gasteiger partial charge is 0.506 e. The molecule has 0 atom stereocenters. The number of aromatic hydroxyl groups is 1. The van der Waals surface area contributed by atoms with E-state index in [1.165, 1.54) is 0 Å². The van der Waals surface area contributed by atoms with Gasteiger partial charge in [0.25, 0.3) is 0 Å². The van der Waals surface area contributed by atoms with Gasteiger partial charge in [0.05, 0.1) is 22.2 Å². The molecule has 3 nitrogen and oxygen atoms in total. The number of amides is 1. The molecule has 0 aliphatic heterocycles. The maximum Gasteiger partial charge on any atom is 0.228 e. The zero-order chi connectivity index (χ0) is 14.7. The normalized spacial score (nSPS) is 10.3. The van der Waals surface area contributed by atoms with Gasteiger partial charge in [-0.1, -0.05) is 35.3 Å². The molecule has 2 aromatic rings. The molecule has 0 aromatic heterocycles. The van der Waals surface area contributed by atoms with E-state index < -0.39 is 0 Å². The number of phenols is 1. The summed E-state index contributed by atoms with van der Waals surface area (Å²) in [6, 6.07) is 10.1. The Morgan fingerprint density at radius 1 is 1.15 bits per heavy atom. The van der Waals surface area contributed by atoms with E-state index in [1.54, 1.807) is 36.4 Å². The number of hydrogen-bond acceptors (Lipinski definition) is 2. The monoisotopic (exact) mass is 309 g/mol. The van der Waals surface area contributed by atoms with Crippen LogP contribution in [0.3, 0.4) is 0 Å². The fourth-order valence-corrected chi connectivity index (χ4v) is 2.10. The minimum absolute atomic E-state index is 0.0399. The Kier molecular flexibility index (Phi) is 4.53. The second kappa shape index (κ2) is 6.16. The number of phenolic OH excluding ortho intramolecular Hbond substituents is 1. The van der Waals surface area contributed by atoms with Crippen molar-refractivity contribution in [2.45, 2.75) is 13.3 Å². The zero-order valence-electron chi connectivity index (χ0n) is 10.8. The van der Waals surface area contributed by atoms with E-state index in [-0.39, 0.29) is 18.1 Å². The standard InChI is InChI=1S/C15H13Cl2NO2/c1-9-2-5-14(19)13(6-9)18-15(20)8-10-3-4-11(16)12(17)7-10/h2-7,19H,8H2,1H3,(H,18,20). The van der Waals surface area contributed by atoms with E-state index in [0.29, 0.717) is 15.7 Å². The van der Waals surface area contributed by atoms with Gasteiger partial charge in [-0.15, -0.1) is 0 Å². The van der Waals surface area contributed by atoms with Crippen molar-refractivity contribution >= 4 is 34.8 Å². The number of benzene rings is 2. The molecule has 2 rings (SSSR count). The van der Waals surface area contributed by atoms with Crippen LogP contribution in [0.5, 0.6) is 5.75 Å². The second-order valence-electron chi connectivity index (χ2n) is 4.49. The van der Waals surface area contributed by atoms with Gasteiger partial charge in [-0.25, -0.2) is 0 Å². The third-order valence-corrected chi connectivity index (χ3v) is 3.51. The molecular weight excluding hydrogens is 297 g/mol. The number of anilines is 1. The van der Waals surface area contributed by atoms with Gasteiger partial charge < -0.3 is 10.4 Å². The van der Waals surface area contributed by atoms with Crippen LogP contribution in [0.1, 0.15) is 11.1 Å². The fraction of sp³-hybridized carbons (Fsp3) is 0.133. The summed E-state index contributed by atoms with van der Waals surface area (Å²) >= 11 is 11.7. The lowest BCUT2D eigenvalue weighted by Crippen LogP contribution is -2.14. The number of halogens is 2. The van der Waals surface area contributed by atoms with Crippen molar-refractivity contribution in [2.75, 3.05) is 5.32 Å². The lowest BCUT2D eigenvalue weighted by Gasteiger charge is -2.08. The Bertz CT molecular complexity index is 656. The van der Waals surface area contributed by atoms with Gasteiger partial charge in [-0.2, -0.15) is 0 Å². The van der Waals surface area contributed by atoms with Gasteiger partial charge in [0.15, 0.2) is 0 Å². The maximum atomic E-state index is 11.9. The summed E-state index contributed by atoms with van der Waals surface area (Å²) in [5.74, 6) is -0.192. The Morgan fingerprint density at radius 2 is 1.90 bits per heavy atom. The summed E-state index contributed by atoms with van der Waals surface area (Å²) in [6.45, 7) is 1.88. The van der Waals surface area contributed by atoms with Crippen LogP contribution in [-0.2, 0) is 11.2 Å². The first-order chi connectivity index (χ1) is 9.45. The van der Waals surface area contributed by atoms with Crippen LogP contribution in [0, 0.1) is 6.92 Å². The summed E-state index contributed by atoms with van der Waals surface area (Å²) in [7, 11) is 0. The molecule has 0 bridgehead atoms. The van der Waals surface area contributed by atoms with E-state index in [4.69, 9.17) is 23.2 Å². The Morgan fingerprint density at radius 3 is 2.60 bits per heavy atom. The quantitative estimate of drug-likeness (QED) is 0.835. The molecule has 0 unspecified atom stereocenters. The van der Waals surface area contributed by atoms with E-state index in [1.807, 2.05) is 6.92 Å². The van der Waals surface area contributed by atoms with Crippen molar-refractivity contribution in [1.29, 1.82) is 0 Å². The first-order valence-corrected chi connectivity index (χ1v) is 6.74. The van der Waals surface area contributed by atoms with Gasteiger partial charge in [0, 0.05) is 0 Å². The fourth-order valence-electron chi connectivity index (χ4n) is 1.78. The lowest BCUT2D eigenvalue weighted by atomic mass is 10.1. The molecule has 0 heterocycles. The molecule has 0 radical (unpaired) electrons. The van der Waals surface area contributed by atoms with Crippen molar-refractivity contribution in [1.82, 2.24) is 0 Å². The smallest absolute Gasteiger partial charge is 0.228 e. The summed E-state index contributed by atoms with van der Waals surface area (Å²) in [6.07, 6.45) is 0.157. The van der Waals surface area contributed by atoms with E-state index in [9.17, 15) is 9.90 Å². The predicted molar refractivity (Wildman–Crippen MR) is 81.6 cm³/mol. The topological polar surface area (TPSA) is 49.3 Å². The average Bonchev–Trinajstić information content (AvgIpc) is 2.38. The van der Waals surface area contributed by atoms with Crippen LogP contribution >= 0.6 is 23.2 Å². The van der Waals surface area contributed by atoms with E-state index >= 15 is 0 Å². The summed E-state index contributed by atoms with van der Waals surface area (Å²) in [5.41, 5.74) is 2.10. The molecule has 0 aliphatic rings.